The van der Waals surface area contributed by atoms with Gasteiger partial charge < -0.3 is 10.5 Å². The summed E-state index contributed by atoms with van der Waals surface area (Å²) in [4.78, 5) is 2.21. The Bertz CT molecular complexity index is 422. The van der Waals surface area contributed by atoms with Gasteiger partial charge in [0.1, 0.15) is 0 Å². The van der Waals surface area contributed by atoms with Crippen molar-refractivity contribution >= 4 is 23.2 Å². The maximum atomic E-state index is 6.27. The van der Waals surface area contributed by atoms with Gasteiger partial charge in [-0.15, -0.1) is 0 Å². The topological polar surface area (TPSA) is 38.5 Å². The summed E-state index contributed by atoms with van der Waals surface area (Å²) in [7, 11) is 2.06. The second kappa shape index (κ2) is 6.91. The molecule has 2 unspecified atom stereocenters. The second-order valence-electron chi connectivity index (χ2n) is 4.99. The summed E-state index contributed by atoms with van der Waals surface area (Å²) in [5.74, 6) is 0. The summed E-state index contributed by atoms with van der Waals surface area (Å²) in [6, 6.07) is 5.66. The van der Waals surface area contributed by atoms with E-state index in [2.05, 4.69) is 11.9 Å². The van der Waals surface area contributed by atoms with E-state index in [4.69, 9.17) is 33.7 Å². The molecule has 0 radical (unpaired) electrons. The molecule has 0 saturated carbocycles. The van der Waals surface area contributed by atoms with Crippen molar-refractivity contribution in [2.24, 2.45) is 5.73 Å². The zero-order valence-electron chi connectivity index (χ0n) is 11.1. The van der Waals surface area contributed by atoms with Gasteiger partial charge in [0.2, 0.25) is 0 Å². The molecule has 1 aromatic rings. The number of likely N-dealkylation sites (N-methyl/N-ethyl adjacent to an activating group) is 1. The summed E-state index contributed by atoms with van der Waals surface area (Å²) in [6.45, 7) is 2.26. The fourth-order valence-electron chi connectivity index (χ4n) is 2.55. The molecule has 1 aliphatic heterocycles. The summed E-state index contributed by atoms with van der Waals surface area (Å²) in [5, 5.41) is 1.31. The maximum Gasteiger partial charge on any atom is 0.0702 e. The van der Waals surface area contributed by atoms with Crippen molar-refractivity contribution < 1.29 is 4.74 Å². The molecular formula is C14H20Cl2N2O. The van der Waals surface area contributed by atoms with Crippen molar-refractivity contribution in [1.29, 1.82) is 0 Å². The molecule has 0 aromatic heterocycles. The molecule has 3 nitrogen and oxygen atoms in total. The van der Waals surface area contributed by atoms with Gasteiger partial charge in [-0.05, 0) is 37.6 Å². The number of rotatable bonds is 5. The lowest BCUT2D eigenvalue weighted by Gasteiger charge is -2.30. The van der Waals surface area contributed by atoms with E-state index in [0.29, 0.717) is 22.7 Å². The first-order chi connectivity index (χ1) is 9.11. The maximum absolute atomic E-state index is 6.27. The van der Waals surface area contributed by atoms with Crippen LogP contribution in [0.3, 0.4) is 0 Å². The van der Waals surface area contributed by atoms with Crippen molar-refractivity contribution in [3.8, 4) is 0 Å². The third-order valence-corrected chi connectivity index (χ3v) is 4.15. The van der Waals surface area contributed by atoms with Crippen molar-refractivity contribution in [3.63, 3.8) is 0 Å². The lowest BCUT2D eigenvalue weighted by molar-refractivity contribution is 0.0689. The summed E-state index contributed by atoms with van der Waals surface area (Å²) >= 11 is 12.2. The quantitative estimate of drug-likeness (QED) is 0.908. The van der Waals surface area contributed by atoms with Crippen LogP contribution in [-0.4, -0.2) is 37.7 Å². The van der Waals surface area contributed by atoms with Crippen LogP contribution in [0.2, 0.25) is 10.0 Å². The first kappa shape index (κ1) is 15.1. The number of hydrogen-bond acceptors (Lipinski definition) is 3. The van der Waals surface area contributed by atoms with E-state index in [0.717, 1.165) is 31.6 Å². The van der Waals surface area contributed by atoms with Crippen molar-refractivity contribution in [2.75, 3.05) is 26.7 Å². The first-order valence-corrected chi connectivity index (χ1v) is 7.34. The second-order valence-corrected chi connectivity index (χ2v) is 5.84. The van der Waals surface area contributed by atoms with Crippen molar-refractivity contribution in [2.45, 2.75) is 25.0 Å². The predicted molar refractivity (Wildman–Crippen MR) is 79.9 cm³/mol. The molecule has 5 heteroatoms. The number of benzene rings is 1. The van der Waals surface area contributed by atoms with Crippen LogP contribution in [0.4, 0.5) is 0 Å². The van der Waals surface area contributed by atoms with Gasteiger partial charge in [-0.2, -0.15) is 0 Å². The van der Waals surface area contributed by atoms with Crippen LogP contribution in [-0.2, 0) is 4.74 Å². The Labute approximate surface area is 124 Å². The number of hydrogen-bond donors (Lipinski definition) is 1. The van der Waals surface area contributed by atoms with Gasteiger partial charge in [0.05, 0.1) is 6.10 Å². The standard InChI is InChI=1S/C14H20Cl2N2O/c1-18(9-11-3-2-6-19-11)14(8-17)12-5-4-10(15)7-13(12)16/h4-5,7,11,14H,2-3,6,8-9,17H2,1H3. The molecule has 0 amide bonds. The van der Waals surface area contributed by atoms with E-state index >= 15 is 0 Å². The molecule has 1 saturated heterocycles. The summed E-state index contributed by atoms with van der Waals surface area (Å²) in [6.07, 6.45) is 2.58. The van der Waals surface area contributed by atoms with E-state index in [9.17, 15) is 0 Å². The number of nitrogens with two attached hydrogens (primary N) is 1. The van der Waals surface area contributed by atoms with Gasteiger partial charge in [-0.25, -0.2) is 0 Å². The van der Waals surface area contributed by atoms with Crippen LogP contribution in [0, 0.1) is 0 Å². The number of ether oxygens (including phenoxy) is 1. The highest BCUT2D eigenvalue weighted by Gasteiger charge is 2.23. The van der Waals surface area contributed by atoms with Gasteiger partial charge in [0.15, 0.2) is 0 Å². The molecule has 2 N–H and O–H groups in total. The lowest BCUT2D eigenvalue weighted by Crippen LogP contribution is -2.36. The van der Waals surface area contributed by atoms with Crippen LogP contribution >= 0.6 is 23.2 Å². The lowest BCUT2D eigenvalue weighted by atomic mass is 10.0. The molecule has 0 bridgehead atoms. The predicted octanol–water partition coefficient (Wildman–Crippen LogP) is 3.10. The molecular weight excluding hydrogens is 283 g/mol. The molecule has 0 spiro atoms. The van der Waals surface area contributed by atoms with Crippen LogP contribution in [0.15, 0.2) is 18.2 Å². The fourth-order valence-corrected chi connectivity index (χ4v) is 3.09. The summed E-state index contributed by atoms with van der Waals surface area (Å²) in [5.41, 5.74) is 6.94. The minimum absolute atomic E-state index is 0.0916. The van der Waals surface area contributed by atoms with Crippen LogP contribution < -0.4 is 5.73 Å². The smallest absolute Gasteiger partial charge is 0.0702 e. The number of nitrogens with zero attached hydrogens (tertiary/aromatic N) is 1. The molecule has 1 aromatic carbocycles. The van der Waals surface area contributed by atoms with E-state index in [1.807, 2.05) is 12.1 Å². The highest BCUT2D eigenvalue weighted by Crippen LogP contribution is 2.29. The fraction of sp³-hybridized carbons (Fsp3) is 0.571. The minimum Gasteiger partial charge on any atom is -0.377 e. The first-order valence-electron chi connectivity index (χ1n) is 6.58. The highest BCUT2D eigenvalue weighted by atomic mass is 35.5. The van der Waals surface area contributed by atoms with Gasteiger partial charge in [-0.1, -0.05) is 29.3 Å². The van der Waals surface area contributed by atoms with Crippen LogP contribution in [0.5, 0.6) is 0 Å². The normalized spacial score (nSPS) is 21.0. The van der Waals surface area contributed by atoms with Gasteiger partial charge in [0, 0.05) is 35.8 Å². The molecule has 1 aliphatic rings. The average molecular weight is 303 g/mol. The van der Waals surface area contributed by atoms with E-state index < -0.39 is 0 Å². The Kier molecular flexibility index (Phi) is 5.48. The zero-order valence-corrected chi connectivity index (χ0v) is 12.6. The average Bonchev–Trinajstić information content (AvgIpc) is 2.85. The molecule has 19 heavy (non-hydrogen) atoms. The Morgan fingerprint density at radius 2 is 2.26 bits per heavy atom. The zero-order chi connectivity index (χ0) is 13.8. The Hall–Kier alpha value is -0.320. The van der Waals surface area contributed by atoms with E-state index in [1.54, 1.807) is 6.07 Å². The van der Waals surface area contributed by atoms with Gasteiger partial charge >= 0.3 is 0 Å². The molecule has 2 atom stereocenters. The minimum atomic E-state index is 0.0916. The van der Waals surface area contributed by atoms with Gasteiger partial charge in [0.25, 0.3) is 0 Å². The Balaban J connectivity index is 2.09. The van der Waals surface area contributed by atoms with Crippen LogP contribution in [0.25, 0.3) is 0 Å². The molecule has 0 aliphatic carbocycles. The van der Waals surface area contributed by atoms with E-state index in [1.165, 1.54) is 0 Å². The molecule has 1 fully saturated rings. The SMILES string of the molecule is CN(CC1CCCO1)C(CN)c1ccc(Cl)cc1Cl. The summed E-state index contributed by atoms with van der Waals surface area (Å²) < 4.78 is 5.67. The highest BCUT2D eigenvalue weighted by molar-refractivity contribution is 6.35. The number of halogens is 2. The third-order valence-electron chi connectivity index (χ3n) is 3.59. The monoisotopic (exact) mass is 302 g/mol. The Morgan fingerprint density at radius 1 is 1.47 bits per heavy atom. The largest absolute Gasteiger partial charge is 0.377 e. The third kappa shape index (κ3) is 3.83. The molecule has 106 valence electrons. The van der Waals surface area contributed by atoms with Gasteiger partial charge in [-0.3, -0.25) is 4.90 Å². The Morgan fingerprint density at radius 3 is 2.84 bits per heavy atom. The van der Waals surface area contributed by atoms with E-state index in [-0.39, 0.29) is 6.04 Å². The molecule has 2 rings (SSSR count). The molecule has 1 heterocycles. The van der Waals surface area contributed by atoms with Crippen molar-refractivity contribution in [3.05, 3.63) is 33.8 Å². The van der Waals surface area contributed by atoms with Crippen molar-refractivity contribution in [1.82, 2.24) is 4.90 Å². The van der Waals surface area contributed by atoms with Crippen LogP contribution in [0.1, 0.15) is 24.4 Å².